The predicted octanol–water partition coefficient (Wildman–Crippen LogP) is 3.52. The summed E-state index contributed by atoms with van der Waals surface area (Å²) in [5.41, 5.74) is 0.467. The molecule has 1 aliphatic rings. The van der Waals surface area contributed by atoms with Crippen molar-refractivity contribution in [1.29, 1.82) is 0 Å². The van der Waals surface area contributed by atoms with Crippen molar-refractivity contribution >= 4 is 0 Å². The number of nitrogens with one attached hydrogen (secondary N) is 1. The molecule has 0 radical (unpaired) electrons. The van der Waals surface area contributed by atoms with E-state index in [0.717, 1.165) is 12.0 Å². The Hall–Kier alpha value is -0.0800. The van der Waals surface area contributed by atoms with Crippen LogP contribution in [0.2, 0.25) is 0 Å². The van der Waals surface area contributed by atoms with Crippen molar-refractivity contribution in [2.45, 2.75) is 66.3 Å². The number of likely N-dealkylation sites (tertiary alicyclic amines) is 1. The topological polar surface area (TPSA) is 15.3 Å². The first-order valence-corrected chi connectivity index (χ1v) is 7.90. The molecular formula is C16H34N2. The molecule has 1 N–H and O–H groups in total. The van der Waals surface area contributed by atoms with Crippen LogP contribution in [0, 0.1) is 11.3 Å². The summed E-state index contributed by atoms with van der Waals surface area (Å²) in [7, 11) is 0. The molecule has 0 bridgehead atoms. The Kier molecular flexibility index (Phi) is 6.65. The molecule has 18 heavy (non-hydrogen) atoms. The van der Waals surface area contributed by atoms with Crippen molar-refractivity contribution in [3.63, 3.8) is 0 Å². The molecule has 0 aromatic carbocycles. The first-order chi connectivity index (χ1) is 8.44. The minimum Gasteiger partial charge on any atom is -0.313 e. The SMILES string of the molecule is CCCNC1CC(CC(C)(C)C)CN(CCC)C1. The zero-order valence-electron chi connectivity index (χ0n) is 13.3. The van der Waals surface area contributed by atoms with Crippen molar-refractivity contribution < 1.29 is 0 Å². The summed E-state index contributed by atoms with van der Waals surface area (Å²) in [4.78, 5) is 2.67. The van der Waals surface area contributed by atoms with Gasteiger partial charge in [-0.05, 0) is 50.1 Å². The molecule has 1 fully saturated rings. The summed E-state index contributed by atoms with van der Waals surface area (Å²) in [5, 5.41) is 3.73. The molecule has 0 amide bonds. The van der Waals surface area contributed by atoms with E-state index in [4.69, 9.17) is 0 Å². The summed E-state index contributed by atoms with van der Waals surface area (Å²) in [6.45, 7) is 16.7. The van der Waals surface area contributed by atoms with Crippen LogP contribution in [0.3, 0.4) is 0 Å². The standard InChI is InChI=1S/C16H34N2/c1-6-8-17-15-10-14(11-16(3,4)5)12-18(13-15)9-7-2/h14-15,17H,6-13H2,1-5H3. The Morgan fingerprint density at radius 2 is 1.83 bits per heavy atom. The van der Waals surface area contributed by atoms with E-state index in [-0.39, 0.29) is 0 Å². The molecular weight excluding hydrogens is 220 g/mol. The third kappa shape index (κ3) is 6.19. The fourth-order valence-electron chi connectivity index (χ4n) is 3.31. The van der Waals surface area contributed by atoms with E-state index in [9.17, 15) is 0 Å². The third-order valence-electron chi connectivity index (χ3n) is 3.74. The maximum absolute atomic E-state index is 3.73. The molecule has 2 heteroatoms. The van der Waals surface area contributed by atoms with Crippen LogP contribution < -0.4 is 5.32 Å². The van der Waals surface area contributed by atoms with Gasteiger partial charge in [0.1, 0.15) is 0 Å². The lowest BCUT2D eigenvalue weighted by atomic mass is 9.80. The van der Waals surface area contributed by atoms with Gasteiger partial charge in [-0.15, -0.1) is 0 Å². The highest BCUT2D eigenvalue weighted by atomic mass is 15.2. The minimum atomic E-state index is 0.467. The average molecular weight is 254 g/mol. The molecule has 0 aliphatic carbocycles. The smallest absolute Gasteiger partial charge is 0.0198 e. The van der Waals surface area contributed by atoms with Crippen LogP contribution in [-0.2, 0) is 0 Å². The van der Waals surface area contributed by atoms with Crippen LogP contribution >= 0.6 is 0 Å². The first kappa shape index (κ1) is 16.0. The Morgan fingerprint density at radius 1 is 1.11 bits per heavy atom. The van der Waals surface area contributed by atoms with Gasteiger partial charge in [-0.1, -0.05) is 34.6 Å². The Bertz CT molecular complexity index is 220. The lowest BCUT2D eigenvalue weighted by Crippen LogP contribution is -2.50. The number of hydrogen-bond acceptors (Lipinski definition) is 2. The molecule has 0 saturated carbocycles. The Morgan fingerprint density at radius 3 is 2.39 bits per heavy atom. The molecule has 1 rings (SSSR count). The molecule has 0 spiro atoms. The molecule has 1 aliphatic heterocycles. The van der Waals surface area contributed by atoms with Gasteiger partial charge in [0, 0.05) is 19.1 Å². The number of hydrogen-bond donors (Lipinski definition) is 1. The van der Waals surface area contributed by atoms with E-state index in [1.807, 2.05) is 0 Å². The molecule has 2 atom stereocenters. The van der Waals surface area contributed by atoms with Crippen LogP contribution in [0.4, 0.5) is 0 Å². The van der Waals surface area contributed by atoms with E-state index >= 15 is 0 Å². The molecule has 108 valence electrons. The molecule has 2 unspecified atom stereocenters. The lowest BCUT2D eigenvalue weighted by molar-refractivity contribution is 0.114. The number of piperidine rings is 1. The second kappa shape index (κ2) is 7.49. The minimum absolute atomic E-state index is 0.467. The first-order valence-electron chi connectivity index (χ1n) is 7.90. The summed E-state index contributed by atoms with van der Waals surface area (Å²) in [6, 6.07) is 0.720. The Balaban J connectivity index is 2.50. The van der Waals surface area contributed by atoms with Crippen molar-refractivity contribution in [2.75, 3.05) is 26.2 Å². The van der Waals surface area contributed by atoms with Gasteiger partial charge in [0.25, 0.3) is 0 Å². The Labute approximate surface area is 115 Å². The molecule has 1 saturated heterocycles. The summed E-state index contributed by atoms with van der Waals surface area (Å²) in [6.07, 6.45) is 5.26. The van der Waals surface area contributed by atoms with Gasteiger partial charge < -0.3 is 10.2 Å². The maximum Gasteiger partial charge on any atom is 0.0198 e. The van der Waals surface area contributed by atoms with E-state index in [1.54, 1.807) is 0 Å². The molecule has 1 heterocycles. The van der Waals surface area contributed by atoms with Gasteiger partial charge in [0.15, 0.2) is 0 Å². The largest absolute Gasteiger partial charge is 0.313 e. The lowest BCUT2D eigenvalue weighted by Gasteiger charge is -2.40. The summed E-state index contributed by atoms with van der Waals surface area (Å²) in [5.74, 6) is 0.875. The van der Waals surface area contributed by atoms with E-state index in [2.05, 4.69) is 44.8 Å². The monoisotopic (exact) mass is 254 g/mol. The zero-order valence-corrected chi connectivity index (χ0v) is 13.3. The third-order valence-corrected chi connectivity index (χ3v) is 3.74. The average Bonchev–Trinajstić information content (AvgIpc) is 2.24. The van der Waals surface area contributed by atoms with E-state index in [1.165, 1.54) is 51.9 Å². The van der Waals surface area contributed by atoms with Crippen LogP contribution in [0.15, 0.2) is 0 Å². The normalized spacial score (nSPS) is 26.5. The van der Waals surface area contributed by atoms with Crippen molar-refractivity contribution in [3.05, 3.63) is 0 Å². The van der Waals surface area contributed by atoms with Crippen LogP contribution in [0.5, 0.6) is 0 Å². The van der Waals surface area contributed by atoms with Crippen LogP contribution in [0.25, 0.3) is 0 Å². The van der Waals surface area contributed by atoms with Gasteiger partial charge in [-0.25, -0.2) is 0 Å². The second-order valence-electron chi connectivity index (χ2n) is 7.28. The van der Waals surface area contributed by atoms with Gasteiger partial charge in [-0.2, -0.15) is 0 Å². The van der Waals surface area contributed by atoms with Crippen molar-refractivity contribution in [1.82, 2.24) is 10.2 Å². The highest BCUT2D eigenvalue weighted by Crippen LogP contribution is 2.30. The molecule has 0 aromatic rings. The van der Waals surface area contributed by atoms with Gasteiger partial charge >= 0.3 is 0 Å². The molecule has 0 aromatic heterocycles. The quantitative estimate of drug-likeness (QED) is 0.780. The van der Waals surface area contributed by atoms with Gasteiger partial charge in [0.2, 0.25) is 0 Å². The highest BCUT2D eigenvalue weighted by Gasteiger charge is 2.29. The summed E-state index contributed by atoms with van der Waals surface area (Å²) < 4.78 is 0. The zero-order chi connectivity index (χ0) is 13.6. The summed E-state index contributed by atoms with van der Waals surface area (Å²) >= 11 is 0. The highest BCUT2D eigenvalue weighted by molar-refractivity contribution is 4.85. The fraction of sp³-hybridized carbons (Fsp3) is 1.00. The van der Waals surface area contributed by atoms with Gasteiger partial charge in [-0.3, -0.25) is 0 Å². The number of rotatable bonds is 6. The van der Waals surface area contributed by atoms with Crippen molar-refractivity contribution in [2.24, 2.45) is 11.3 Å². The predicted molar refractivity (Wildman–Crippen MR) is 81.0 cm³/mol. The van der Waals surface area contributed by atoms with E-state index < -0.39 is 0 Å². The van der Waals surface area contributed by atoms with Crippen LogP contribution in [0.1, 0.15) is 60.3 Å². The maximum atomic E-state index is 3.73. The van der Waals surface area contributed by atoms with Crippen LogP contribution in [-0.4, -0.2) is 37.1 Å². The molecule has 2 nitrogen and oxygen atoms in total. The van der Waals surface area contributed by atoms with E-state index in [0.29, 0.717) is 5.41 Å². The fourth-order valence-corrected chi connectivity index (χ4v) is 3.31. The number of nitrogens with zero attached hydrogens (tertiary/aromatic N) is 1. The second-order valence-corrected chi connectivity index (χ2v) is 7.28. The van der Waals surface area contributed by atoms with Gasteiger partial charge in [0.05, 0.1) is 0 Å². The van der Waals surface area contributed by atoms with Crippen molar-refractivity contribution in [3.8, 4) is 0 Å².